The van der Waals surface area contributed by atoms with Gasteiger partial charge in [0.1, 0.15) is 11.3 Å². The van der Waals surface area contributed by atoms with E-state index in [1.165, 1.54) is 0 Å². The van der Waals surface area contributed by atoms with E-state index in [1.807, 2.05) is 18.3 Å². The molecule has 0 aromatic carbocycles. The van der Waals surface area contributed by atoms with Crippen LogP contribution in [0.25, 0.3) is 5.52 Å². The Morgan fingerprint density at radius 2 is 2.43 bits per heavy atom. The summed E-state index contributed by atoms with van der Waals surface area (Å²) in [6.45, 7) is 0. The third-order valence-electron chi connectivity index (χ3n) is 2.09. The molecule has 0 unspecified atom stereocenters. The fourth-order valence-electron chi connectivity index (χ4n) is 1.47. The molecule has 0 aliphatic carbocycles. The Bertz CT molecular complexity index is 496. The predicted octanol–water partition coefficient (Wildman–Crippen LogP) is 1.41. The minimum absolute atomic E-state index is 0.352. The van der Waals surface area contributed by atoms with E-state index in [4.69, 9.17) is 10.00 Å². The molecule has 0 bridgehead atoms. The molecule has 14 heavy (non-hydrogen) atoms. The largest absolute Gasteiger partial charge is 0.494 e. The van der Waals surface area contributed by atoms with E-state index in [0.717, 1.165) is 16.8 Å². The van der Waals surface area contributed by atoms with Crippen LogP contribution < -0.4 is 4.74 Å². The summed E-state index contributed by atoms with van der Waals surface area (Å²) in [6, 6.07) is 5.82. The zero-order valence-corrected chi connectivity index (χ0v) is 7.77. The van der Waals surface area contributed by atoms with Gasteiger partial charge in [0.25, 0.3) is 0 Å². The van der Waals surface area contributed by atoms with Crippen molar-refractivity contribution < 1.29 is 4.74 Å². The summed E-state index contributed by atoms with van der Waals surface area (Å²) in [4.78, 5) is 0. The first-order valence-electron chi connectivity index (χ1n) is 4.23. The molecule has 0 aliphatic heterocycles. The van der Waals surface area contributed by atoms with Crippen molar-refractivity contribution in [3.8, 4) is 11.8 Å². The highest BCUT2D eigenvalue weighted by Gasteiger charge is 2.07. The molecule has 0 saturated heterocycles. The summed E-state index contributed by atoms with van der Waals surface area (Å²) in [5, 5.41) is 12.7. The normalized spacial score (nSPS) is 10.0. The van der Waals surface area contributed by atoms with Crippen LogP contribution in [0.1, 0.15) is 5.56 Å². The van der Waals surface area contributed by atoms with Gasteiger partial charge in [-0.3, -0.25) is 0 Å². The number of ether oxygens (including phenoxy) is 1. The lowest BCUT2D eigenvalue weighted by molar-refractivity contribution is 0.413. The number of aromatic nitrogens is 2. The van der Waals surface area contributed by atoms with E-state index in [-0.39, 0.29) is 0 Å². The highest BCUT2D eigenvalue weighted by molar-refractivity contribution is 5.62. The number of rotatable bonds is 2. The average Bonchev–Trinajstić information content (AvgIpc) is 2.66. The summed E-state index contributed by atoms with van der Waals surface area (Å²) in [5.41, 5.74) is 1.78. The molecule has 2 heterocycles. The van der Waals surface area contributed by atoms with Gasteiger partial charge in [0.15, 0.2) is 0 Å². The maximum atomic E-state index is 8.63. The number of hydrogen-bond donors (Lipinski definition) is 0. The maximum absolute atomic E-state index is 8.63. The molecule has 4 nitrogen and oxygen atoms in total. The number of nitrogens with zero attached hydrogens (tertiary/aromatic N) is 3. The lowest BCUT2D eigenvalue weighted by atomic mass is 10.1. The Morgan fingerprint density at radius 3 is 3.14 bits per heavy atom. The lowest BCUT2D eigenvalue weighted by Gasteiger charge is -2.06. The molecule has 70 valence electrons. The van der Waals surface area contributed by atoms with Crippen molar-refractivity contribution in [2.45, 2.75) is 6.42 Å². The zero-order chi connectivity index (χ0) is 9.97. The zero-order valence-electron chi connectivity index (χ0n) is 7.77. The quantitative estimate of drug-likeness (QED) is 0.714. The third-order valence-corrected chi connectivity index (χ3v) is 2.09. The Hall–Kier alpha value is -2.02. The average molecular weight is 187 g/mol. The van der Waals surface area contributed by atoms with Crippen LogP contribution in [0.15, 0.2) is 24.5 Å². The minimum Gasteiger partial charge on any atom is -0.494 e. The summed E-state index contributed by atoms with van der Waals surface area (Å²) in [6.07, 6.45) is 3.88. The molecule has 2 rings (SSSR count). The Kier molecular flexibility index (Phi) is 2.07. The van der Waals surface area contributed by atoms with Crippen LogP contribution in [0.2, 0.25) is 0 Å². The van der Waals surface area contributed by atoms with Crippen LogP contribution in [-0.2, 0) is 6.42 Å². The molecular formula is C10H9N3O. The van der Waals surface area contributed by atoms with E-state index in [9.17, 15) is 0 Å². The molecule has 0 aliphatic rings. The molecule has 0 amide bonds. The van der Waals surface area contributed by atoms with Crippen LogP contribution in [-0.4, -0.2) is 16.7 Å². The molecule has 0 N–H and O–H groups in total. The molecule has 0 radical (unpaired) electrons. The van der Waals surface area contributed by atoms with E-state index in [0.29, 0.717) is 6.42 Å². The molecule has 0 atom stereocenters. The van der Waals surface area contributed by atoms with Crippen molar-refractivity contribution in [3.63, 3.8) is 0 Å². The van der Waals surface area contributed by atoms with Gasteiger partial charge in [-0.1, -0.05) is 0 Å². The van der Waals surface area contributed by atoms with Crippen molar-refractivity contribution in [1.82, 2.24) is 9.61 Å². The van der Waals surface area contributed by atoms with E-state index in [2.05, 4.69) is 11.2 Å². The Morgan fingerprint density at radius 1 is 1.57 bits per heavy atom. The molecule has 2 aromatic rings. The number of nitriles is 1. The van der Waals surface area contributed by atoms with E-state index in [1.54, 1.807) is 17.8 Å². The fourth-order valence-corrected chi connectivity index (χ4v) is 1.47. The molecular weight excluding hydrogens is 178 g/mol. The van der Waals surface area contributed by atoms with Gasteiger partial charge in [0.05, 0.1) is 25.8 Å². The lowest BCUT2D eigenvalue weighted by Crippen LogP contribution is -1.96. The van der Waals surface area contributed by atoms with Gasteiger partial charge >= 0.3 is 0 Å². The van der Waals surface area contributed by atoms with Crippen molar-refractivity contribution in [3.05, 3.63) is 30.1 Å². The van der Waals surface area contributed by atoms with Crippen LogP contribution in [0.4, 0.5) is 0 Å². The topological polar surface area (TPSA) is 50.3 Å². The van der Waals surface area contributed by atoms with Crippen LogP contribution in [0, 0.1) is 11.3 Å². The standard InChI is InChI=1S/C10H9N3O/c1-14-10-8(2-5-11)4-7-13-9(10)3-6-12-13/h3-4,6-7H,2H2,1H3. The highest BCUT2D eigenvalue weighted by atomic mass is 16.5. The summed E-state index contributed by atoms with van der Waals surface area (Å²) in [7, 11) is 1.60. The third kappa shape index (κ3) is 1.19. The summed E-state index contributed by atoms with van der Waals surface area (Å²) < 4.78 is 6.98. The van der Waals surface area contributed by atoms with Gasteiger partial charge < -0.3 is 4.74 Å². The Labute approximate surface area is 81.3 Å². The predicted molar refractivity (Wildman–Crippen MR) is 51.1 cm³/mol. The molecule has 0 saturated carbocycles. The van der Waals surface area contributed by atoms with Crippen molar-refractivity contribution in [1.29, 1.82) is 5.26 Å². The second-order valence-corrected chi connectivity index (χ2v) is 2.87. The van der Waals surface area contributed by atoms with Gasteiger partial charge in [-0.15, -0.1) is 0 Å². The van der Waals surface area contributed by atoms with Crippen LogP contribution in [0.5, 0.6) is 5.75 Å². The first-order chi connectivity index (χ1) is 6.86. The highest BCUT2D eigenvalue weighted by Crippen LogP contribution is 2.24. The summed E-state index contributed by atoms with van der Waals surface area (Å²) in [5.74, 6) is 0.728. The number of fused-ring (bicyclic) bond motifs is 1. The SMILES string of the molecule is COc1c(CC#N)ccn2nccc12. The van der Waals surface area contributed by atoms with Crippen molar-refractivity contribution in [2.75, 3.05) is 7.11 Å². The van der Waals surface area contributed by atoms with Gasteiger partial charge in [-0.2, -0.15) is 10.4 Å². The van der Waals surface area contributed by atoms with E-state index < -0.39 is 0 Å². The molecule has 0 fully saturated rings. The second-order valence-electron chi connectivity index (χ2n) is 2.87. The first-order valence-corrected chi connectivity index (χ1v) is 4.23. The van der Waals surface area contributed by atoms with Gasteiger partial charge in [-0.25, -0.2) is 4.52 Å². The molecule has 2 aromatic heterocycles. The molecule has 4 heteroatoms. The number of methoxy groups -OCH3 is 1. The fraction of sp³-hybridized carbons (Fsp3) is 0.200. The monoisotopic (exact) mass is 187 g/mol. The second kappa shape index (κ2) is 3.38. The van der Waals surface area contributed by atoms with Crippen LogP contribution >= 0.6 is 0 Å². The number of pyridine rings is 1. The van der Waals surface area contributed by atoms with Gasteiger partial charge in [0.2, 0.25) is 0 Å². The van der Waals surface area contributed by atoms with Gasteiger partial charge in [-0.05, 0) is 12.1 Å². The first kappa shape index (κ1) is 8.57. The maximum Gasteiger partial charge on any atom is 0.148 e. The van der Waals surface area contributed by atoms with Crippen molar-refractivity contribution in [2.24, 2.45) is 0 Å². The minimum atomic E-state index is 0.352. The van der Waals surface area contributed by atoms with E-state index >= 15 is 0 Å². The van der Waals surface area contributed by atoms with Crippen molar-refractivity contribution >= 4 is 5.52 Å². The Balaban J connectivity index is 2.67. The smallest absolute Gasteiger partial charge is 0.148 e. The summed E-state index contributed by atoms with van der Waals surface area (Å²) >= 11 is 0. The van der Waals surface area contributed by atoms with Gasteiger partial charge in [0, 0.05) is 11.8 Å². The van der Waals surface area contributed by atoms with Crippen LogP contribution in [0.3, 0.4) is 0 Å². The number of hydrogen-bond acceptors (Lipinski definition) is 3. The molecule has 0 spiro atoms.